The van der Waals surface area contributed by atoms with Crippen LogP contribution in [0.4, 0.5) is 0 Å². The first-order valence-corrected chi connectivity index (χ1v) is 10.2. The molecule has 2 aromatic rings. The van der Waals surface area contributed by atoms with E-state index in [2.05, 4.69) is 12.2 Å². The zero-order chi connectivity index (χ0) is 19.2. The Morgan fingerprint density at radius 3 is 2.27 bits per heavy atom. The Morgan fingerprint density at radius 1 is 1.08 bits per heavy atom. The number of benzene rings is 2. The summed E-state index contributed by atoms with van der Waals surface area (Å²) in [6, 6.07) is 15.5. The molecule has 0 saturated heterocycles. The third kappa shape index (κ3) is 5.16. The largest absolute Gasteiger partial charge is 0.350 e. The second kappa shape index (κ2) is 8.96. The van der Waals surface area contributed by atoms with Gasteiger partial charge in [0.15, 0.2) is 0 Å². The molecular formula is C20H26N2O3S. The van der Waals surface area contributed by atoms with Crippen molar-refractivity contribution < 1.29 is 13.2 Å². The van der Waals surface area contributed by atoms with Gasteiger partial charge in [0.25, 0.3) is 5.91 Å². The van der Waals surface area contributed by atoms with Crippen LogP contribution < -0.4 is 5.32 Å². The van der Waals surface area contributed by atoms with Crippen molar-refractivity contribution in [2.75, 3.05) is 7.05 Å². The Kier molecular flexibility index (Phi) is 6.94. The Hall–Kier alpha value is -2.18. The molecular weight excluding hydrogens is 348 g/mol. The van der Waals surface area contributed by atoms with Gasteiger partial charge in [-0.1, -0.05) is 43.7 Å². The molecule has 0 unspecified atom stereocenters. The van der Waals surface area contributed by atoms with Crippen LogP contribution in [-0.4, -0.2) is 31.7 Å². The van der Waals surface area contributed by atoms with Gasteiger partial charge < -0.3 is 5.32 Å². The van der Waals surface area contributed by atoms with Gasteiger partial charge in [-0.3, -0.25) is 4.79 Å². The molecule has 0 heterocycles. The zero-order valence-corrected chi connectivity index (χ0v) is 16.3. The standard InChI is InChI=1S/C20H26N2O3S/c1-4-8-16(2)21-20(23)18-13-11-17(12-14-18)15-22(3)26(24,25)19-9-6-5-7-10-19/h5-7,9-14,16H,4,8,15H2,1-3H3,(H,21,23)/t16-/m0/s1. The number of nitrogens with one attached hydrogen (secondary N) is 1. The SMILES string of the molecule is CCC[C@H](C)NC(=O)c1ccc(CN(C)S(=O)(=O)c2ccccc2)cc1. The third-order valence-corrected chi connectivity index (χ3v) is 5.99. The lowest BCUT2D eigenvalue weighted by Gasteiger charge is -2.17. The van der Waals surface area contributed by atoms with Crippen molar-refractivity contribution in [3.05, 3.63) is 65.7 Å². The van der Waals surface area contributed by atoms with Gasteiger partial charge in [0.05, 0.1) is 4.90 Å². The van der Waals surface area contributed by atoms with E-state index in [1.54, 1.807) is 61.6 Å². The summed E-state index contributed by atoms with van der Waals surface area (Å²) in [5.74, 6) is -0.109. The normalized spacial score (nSPS) is 12.8. The minimum Gasteiger partial charge on any atom is -0.350 e. The molecule has 0 aliphatic carbocycles. The minimum atomic E-state index is -3.53. The summed E-state index contributed by atoms with van der Waals surface area (Å²) in [5.41, 5.74) is 1.40. The zero-order valence-electron chi connectivity index (χ0n) is 15.5. The van der Waals surface area contributed by atoms with Gasteiger partial charge in [0.2, 0.25) is 10.0 Å². The lowest BCUT2D eigenvalue weighted by atomic mass is 10.1. The van der Waals surface area contributed by atoms with Crippen LogP contribution in [0.25, 0.3) is 0 Å². The van der Waals surface area contributed by atoms with Gasteiger partial charge >= 0.3 is 0 Å². The summed E-state index contributed by atoms with van der Waals surface area (Å²) in [5, 5.41) is 2.96. The highest BCUT2D eigenvalue weighted by atomic mass is 32.2. The Balaban J connectivity index is 2.04. The average molecular weight is 375 g/mol. The van der Waals surface area contributed by atoms with E-state index >= 15 is 0 Å². The second-order valence-electron chi connectivity index (χ2n) is 6.43. The van der Waals surface area contributed by atoms with Gasteiger partial charge in [0, 0.05) is 25.2 Å². The predicted octanol–water partition coefficient (Wildman–Crippen LogP) is 3.43. The van der Waals surface area contributed by atoms with Gasteiger partial charge in [-0.15, -0.1) is 0 Å². The first kappa shape index (κ1) is 20.1. The lowest BCUT2D eigenvalue weighted by molar-refractivity contribution is 0.0938. The Bertz CT molecular complexity index is 818. The molecule has 2 rings (SSSR count). The van der Waals surface area contributed by atoms with Gasteiger partial charge in [-0.2, -0.15) is 4.31 Å². The van der Waals surface area contributed by atoms with Gasteiger partial charge in [0.1, 0.15) is 0 Å². The van der Waals surface area contributed by atoms with Crippen LogP contribution in [0.1, 0.15) is 42.6 Å². The third-order valence-electron chi connectivity index (χ3n) is 4.17. The van der Waals surface area contributed by atoms with Crippen molar-refractivity contribution in [1.82, 2.24) is 9.62 Å². The van der Waals surface area contributed by atoms with Crippen molar-refractivity contribution in [2.45, 2.75) is 44.2 Å². The smallest absolute Gasteiger partial charge is 0.251 e. The monoisotopic (exact) mass is 374 g/mol. The van der Waals surface area contributed by atoms with Gasteiger partial charge in [-0.05, 0) is 43.2 Å². The van der Waals surface area contributed by atoms with Crippen molar-refractivity contribution in [3.63, 3.8) is 0 Å². The van der Waals surface area contributed by atoms with Crippen LogP contribution in [0.2, 0.25) is 0 Å². The fourth-order valence-electron chi connectivity index (χ4n) is 2.69. The maximum atomic E-state index is 12.6. The number of hydrogen-bond donors (Lipinski definition) is 1. The summed E-state index contributed by atoms with van der Waals surface area (Å²) in [6.07, 6.45) is 1.95. The van der Waals surface area contributed by atoms with Crippen LogP contribution in [0.3, 0.4) is 0 Å². The minimum absolute atomic E-state index is 0.109. The number of carbonyl (C=O) groups excluding carboxylic acids is 1. The van der Waals surface area contributed by atoms with Crippen LogP contribution in [0.5, 0.6) is 0 Å². The molecule has 1 amide bonds. The molecule has 0 radical (unpaired) electrons. The molecule has 1 atom stereocenters. The van der Waals surface area contributed by atoms with E-state index in [9.17, 15) is 13.2 Å². The summed E-state index contributed by atoms with van der Waals surface area (Å²) in [4.78, 5) is 12.5. The van der Waals surface area contributed by atoms with E-state index in [0.717, 1.165) is 18.4 Å². The Labute approximate surface area is 156 Å². The summed E-state index contributed by atoms with van der Waals surface area (Å²) in [6.45, 7) is 4.31. The predicted molar refractivity (Wildman–Crippen MR) is 103 cm³/mol. The summed E-state index contributed by atoms with van der Waals surface area (Å²) >= 11 is 0. The van der Waals surface area contributed by atoms with E-state index < -0.39 is 10.0 Å². The number of rotatable bonds is 8. The van der Waals surface area contributed by atoms with Gasteiger partial charge in [-0.25, -0.2) is 8.42 Å². The first-order chi connectivity index (χ1) is 12.3. The molecule has 0 fully saturated rings. The highest BCUT2D eigenvalue weighted by molar-refractivity contribution is 7.89. The lowest BCUT2D eigenvalue weighted by Crippen LogP contribution is -2.32. The average Bonchev–Trinajstić information content (AvgIpc) is 2.63. The summed E-state index contributed by atoms with van der Waals surface area (Å²) < 4.78 is 26.4. The topological polar surface area (TPSA) is 66.5 Å². The number of nitrogens with zero attached hydrogens (tertiary/aromatic N) is 1. The number of hydrogen-bond acceptors (Lipinski definition) is 3. The maximum absolute atomic E-state index is 12.6. The molecule has 0 saturated carbocycles. The van der Waals surface area contributed by atoms with E-state index in [1.165, 1.54) is 4.31 Å². The molecule has 140 valence electrons. The number of amides is 1. The van der Waals surface area contributed by atoms with E-state index in [-0.39, 0.29) is 23.4 Å². The van der Waals surface area contributed by atoms with Crippen molar-refractivity contribution in [2.24, 2.45) is 0 Å². The highest BCUT2D eigenvalue weighted by Crippen LogP contribution is 2.16. The number of sulfonamides is 1. The molecule has 0 spiro atoms. The summed E-state index contributed by atoms with van der Waals surface area (Å²) in [7, 11) is -1.98. The molecule has 26 heavy (non-hydrogen) atoms. The quantitative estimate of drug-likeness (QED) is 0.770. The number of carbonyl (C=O) groups is 1. The maximum Gasteiger partial charge on any atom is 0.251 e. The van der Waals surface area contributed by atoms with Crippen LogP contribution >= 0.6 is 0 Å². The van der Waals surface area contributed by atoms with E-state index in [1.807, 2.05) is 6.92 Å². The molecule has 0 aliphatic heterocycles. The molecule has 1 N–H and O–H groups in total. The van der Waals surface area contributed by atoms with Crippen molar-refractivity contribution >= 4 is 15.9 Å². The highest BCUT2D eigenvalue weighted by Gasteiger charge is 2.20. The molecule has 0 aromatic heterocycles. The van der Waals surface area contributed by atoms with Crippen LogP contribution in [0.15, 0.2) is 59.5 Å². The molecule has 5 nitrogen and oxygen atoms in total. The van der Waals surface area contributed by atoms with E-state index in [4.69, 9.17) is 0 Å². The van der Waals surface area contributed by atoms with Crippen molar-refractivity contribution in [1.29, 1.82) is 0 Å². The first-order valence-electron chi connectivity index (χ1n) is 8.75. The second-order valence-corrected chi connectivity index (χ2v) is 8.48. The molecule has 0 bridgehead atoms. The van der Waals surface area contributed by atoms with Crippen LogP contribution in [0, 0.1) is 0 Å². The fraction of sp³-hybridized carbons (Fsp3) is 0.350. The molecule has 0 aliphatic rings. The van der Waals surface area contributed by atoms with E-state index in [0.29, 0.717) is 5.56 Å². The Morgan fingerprint density at radius 2 is 1.69 bits per heavy atom. The molecule has 6 heteroatoms. The fourth-order valence-corrected chi connectivity index (χ4v) is 3.87. The van der Waals surface area contributed by atoms with Crippen molar-refractivity contribution in [3.8, 4) is 0 Å². The molecule has 2 aromatic carbocycles. The van der Waals surface area contributed by atoms with Crippen LogP contribution in [-0.2, 0) is 16.6 Å².